The molecule has 120 valence electrons. The molecule has 1 saturated heterocycles. The molecule has 0 amide bonds. The van der Waals surface area contributed by atoms with Gasteiger partial charge in [-0.25, -0.2) is 0 Å². The van der Waals surface area contributed by atoms with Crippen molar-refractivity contribution < 1.29 is 9.47 Å². The fourth-order valence-corrected chi connectivity index (χ4v) is 3.55. The fourth-order valence-electron chi connectivity index (χ4n) is 3.55. The van der Waals surface area contributed by atoms with Gasteiger partial charge in [0.2, 0.25) is 0 Å². The molecule has 0 radical (unpaired) electrons. The standard InChI is InChI=1S/C18H26N2O2/c1-13-10-17(22-3)16(15-4-7-19-18(13)15)11-20-8-5-14(6-9-20)12-21-2/h4,7,10,14,19H,5-6,8-9,11-12H2,1-3H3. The molecule has 0 saturated carbocycles. The number of nitrogens with one attached hydrogen (secondary N) is 1. The summed E-state index contributed by atoms with van der Waals surface area (Å²) in [5, 5.41) is 1.29. The Balaban J connectivity index is 1.79. The maximum absolute atomic E-state index is 5.64. The van der Waals surface area contributed by atoms with Gasteiger partial charge in [-0.05, 0) is 56.5 Å². The van der Waals surface area contributed by atoms with E-state index in [4.69, 9.17) is 9.47 Å². The average Bonchev–Trinajstić information content (AvgIpc) is 3.02. The van der Waals surface area contributed by atoms with Gasteiger partial charge in [-0.1, -0.05) is 0 Å². The van der Waals surface area contributed by atoms with Crippen LogP contribution in [0.25, 0.3) is 10.9 Å². The Bertz CT molecular complexity index is 627. The highest BCUT2D eigenvalue weighted by molar-refractivity contribution is 5.88. The van der Waals surface area contributed by atoms with Crippen molar-refractivity contribution in [1.82, 2.24) is 9.88 Å². The number of likely N-dealkylation sites (tertiary alicyclic amines) is 1. The van der Waals surface area contributed by atoms with Gasteiger partial charge in [-0.15, -0.1) is 0 Å². The second-order valence-corrected chi connectivity index (χ2v) is 6.32. The van der Waals surface area contributed by atoms with Gasteiger partial charge >= 0.3 is 0 Å². The van der Waals surface area contributed by atoms with Crippen LogP contribution in [0.3, 0.4) is 0 Å². The molecule has 4 heteroatoms. The Kier molecular flexibility index (Phi) is 4.69. The van der Waals surface area contributed by atoms with E-state index < -0.39 is 0 Å². The lowest BCUT2D eigenvalue weighted by molar-refractivity contribution is 0.0966. The normalized spacial score (nSPS) is 17.2. The van der Waals surface area contributed by atoms with Crippen LogP contribution in [0.1, 0.15) is 24.0 Å². The summed E-state index contributed by atoms with van der Waals surface area (Å²) in [6.07, 6.45) is 4.46. The topological polar surface area (TPSA) is 37.5 Å². The predicted octanol–water partition coefficient (Wildman–Crippen LogP) is 3.34. The second kappa shape index (κ2) is 6.71. The van der Waals surface area contributed by atoms with Gasteiger partial charge in [0.25, 0.3) is 0 Å². The van der Waals surface area contributed by atoms with Crippen LogP contribution >= 0.6 is 0 Å². The van der Waals surface area contributed by atoms with E-state index in [9.17, 15) is 0 Å². The molecule has 1 aromatic carbocycles. The van der Waals surface area contributed by atoms with Crippen LogP contribution in [0.2, 0.25) is 0 Å². The molecule has 0 bridgehead atoms. The number of ether oxygens (including phenoxy) is 2. The van der Waals surface area contributed by atoms with E-state index in [1.54, 1.807) is 14.2 Å². The molecule has 4 nitrogen and oxygen atoms in total. The largest absolute Gasteiger partial charge is 0.496 e. The molecule has 0 spiro atoms. The first-order valence-electron chi connectivity index (χ1n) is 8.07. The van der Waals surface area contributed by atoms with Gasteiger partial charge in [-0.3, -0.25) is 4.90 Å². The Morgan fingerprint density at radius 2 is 2.05 bits per heavy atom. The van der Waals surface area contributed by atoms with Crippen LogP contribution in [-0.2, 0) is 11.3 Å². The highest BCUT2D eigenvalue weighted by atomic mass is 16.5. The molecule has 2 heterocycles. The van der Waals surface area contributed by atoms with E-state index >= 15 is 0 Å². The number of hydrogen-bond donors (Lipinski definition) is 1. The molecule has 2 aromatic rings. The summed E-state index contributed by atoms with van der Waals surface area (Å²) >= 11 is 0. The Morgan fingerprint density at radius 3 is 2.73 bits per heavy atom. The van der Waals surface area contributed by atoms with Gasteiger partial charge in [0.05, 0.1) is 7.11 Å². The van der Waals surface area contributed by atoms with Crippen LogP contribution in [0.4, 0.5) is 0 Å². The number of aryl methyl sites for hydroxylation is 1. The molecule has 1 aliphatic rings. The molecule has 1 aromatic heterocycles. The van der Waals surface area contributed by atoms with Crippen LogP contribution in [0.5, 0.6) is 5.75 Å². The molecule has 0 atom stereocenters. The molecule has 22 heavy (non-hydrogen) atoms. The van der Waals surface area contributed by atoms with Crippen molar-refractivity contribution in [3.63, 3.8) is 0 Å². The van der Waals surface area contributed by atoms with E-state index in [-0.39, 0.29) is 0 Å². The molecule has 0 aliphatic carbocycles. The number of nitrogens with zero attached hydrogens (tertiary/aromatic N) is 1. The average molecular weight is 302 g/mol. The lowest BCUT2D eigenvalue weighted by Crippen LogP contribution is -2.34. The van der Waals surface area contributed by atoms with Gasteiger partial charge in [0, 0.05) is 42.9 Å². The third-order valence-corrected chi connectivity index (χ3v) is 4.82. The number of H-pyrrole nitrogens is 1. The lowest BCUT2D eigenvalue weighted by atomic mass is 9.96. The van der Waals surface area contributed by atoms with E-state index in [0.717, 1.165) is 32.0 Å². The maximum Gasteiger partial charge on any atom is 0.124 e. The van der Waals surface area contributed by atoms with E-state index in [0.29, 0.717) is 5.92 Å². The zero-order valence-electron chi connectivity index (χ0n) is 13.8. The summed E-state index contributed by atoms with van der Waals surface area (Å²) in [5.41, 5.74) is 3.76. The summed E-state index contributed by atoms with van der Waals surface area (Å²) in [6, 6.07) is 4.31. The first-order chi connectivity index (χ1) is 10.7. The summed E-state index contributed by atoms with van der Waals surface area (Å²) < 4.78 is 10.9. The number of fused-ring (bicyclic) bond motifs is 1. The maximum atomic E-state index is 5.64. The summed E-state index contributed by atoms with van der Waals surface area (Å²) in [4.78, 5) is 5.88. The molecule has 3 rings (SSSR count). The quantitative estimate of drug-likeness (QED) is 0.920. The minimum absolute atomic E-state index is 0.716. The van der Waals surface area contributed by atoms with Crippen molar-refractivity contribution in [3.05, 3.63) is 29.5 Å². The van der Waals surface area contributed by atoms with Gasteiger partial charge in [0.15, 0.2) is 0 Å². The SMILES string of the molecule is COCC1CCN(Cc2c(OC)cc(C)c3[nH]ccc23)CC1. The summed E-state index contributed by atoms with van der Waals surface area (Å²) in [7, 11) is 3.56. The molecular weight excluding hydrogens is 276 g/mol. The van der Waals surface area contributed by atoms with Crippen LogP contribution in [0, 0.1) is 12.8 Å². The third kappa shape index (κ3) is 2.99. The van der Waals surface area contributed by atoms with Crippen molar-refractivity contribution in [2.24, 2.45) is 5.92 Å². The summed E-state index contributed by atoms with van der Waals surface area (Å²) in [5.74, 6) is 1.72. The molecule has 1 aliphatic heterocycles. The number of hydrogen-bond acceptors (Lipinski definition) is 3. The van der Waals surface area contributed by atoms with Gasteiger partial charge < -0.3 is 14.5 Å². The first kappa shape index (κ1) is 15.4. The van der Waals surface area contributed by atoms with Crippen LogP contribution in [-0.4, -0.2) is 43.8 Å². The van der Waals surface area contributed by atoms with Crippen molar-refractivity contribution in [1.29, 1.82) is 0 Å². The predicted molar refractivity (Wildman–Crippen MR) is 89.5 cm³/mol. The number of piperidine rings is 1. The van der Waals surface area contributed by atoms with E-state index in [2.05, 4.69) is 28.9 Å². The van der Waals surface area contributed by atoms with Crippen molar-refractivity contribution >= 4 is 10.9 Å². The Morgan fingerprint density at radius 1 is 1.27 bits per heavy atom. The van der Waals surface area contributed by atoms with Crippen molar-refractivity contribution in [3.8, 4) is 5.75 Å². The number of methoxy groups -OCH3 is 2. The van der Waals surface area contributed by atoms with E-state index in [1.165, 1.54) is 34.9 Å². The highest BCUT2D eigenvalue weighted by Gasteiger charge is 2.21. The Labute approximate surface area is 132 Å². The first-order valence-corrected chi connectivity index (χ1v) is 8.07. The zero-order chi connectivity index (χ0) is 15.5. The van der Waals surface area contributed by atoms with Crippen molar-refractivity contribution in [2.45, 2.75) is 26.3 Å². The van der Waals surface area contributed by atoms with Crippen molar-refractivity contribution in [2.75, 3.05) is 33.9 Å². The van der Waals surface area contributed by atoms with Gasteiger partial charge in [0.1, 0.15) is 5.75 Å². The zero-order valence-corrected chi connectivity index (χ0v) is 13.8. The lowest BCUT2D eigenvalue weighted by Gasteiger charge is -2.32. The Hall–Kier alpha value is -1.52. The molecule has 1 N–H and O–H groups in total. The fraction of sp³-hybridized carbons (Fsp3) is 0.556. The highest BCUT2D eigenvalue weighted by Crippen LogP contribution is 2.32. The monoisotopic (exact) mass is 302 g/mol. The second-order valence-electron chi connectivity index (χ2n) is 6.32. The molecule has 1 fully saturated rings. The molecule has 0 unspecified atom stereocenters. The summed E-state index contributed by atoms with van der Waals surface area (Å²) in [6.45, 7) is 6.25. The van der Waals surface area contributed by atoms with E-state index in [1.807, 2.05) is 6.20 Å². The van der Waals surface area contributed by atoms with Crippen LogP contribution < -0.4 is 4.74 Å². The number of rotatable bonds is 5. The van der Waals surface area contributed by atoms with Crippen LogP contribution in [0.15, 0.2) is 18.3 Å². The number of aromatic nitrogens is 1. The molecular formula is C18H26N2O2. The number of aromatic amines is 1. The third-order valence-electron chi connectivity index (χ3n) is 4.82. The smallest absolute Gasteiger partial charge is 0.124 e. The minimum Gasteiger partial charge on any atom is -0.496 e. The van der Waals surface area contributed by atoms with Gasteiger partial charge in [-0.2, -0.15) is 0 Å². The number of benzene rings is 1. The minimum atomic E-state index is 0.716.